The number of hydrazone groups is 1. The molecule has 128 valence electrons. The van der Waals surface area contributed by atoms with E-state index in [1.807, 2.05) is 55.1 Å². The third-order valence-electron chi connectivity index (χ3n) is 4.26. The van der Waals surface area contributed by atoms with Gasteiger partial charge in [0.2, 0.25) is 0 Å². The molecule has 0 spiro atoms. The second-order valence-corrected chi connectivity index (χ2v) is 6.43. The maximum absolute atomic E-state index is 4.84. The lowest BCUT2D eigenvalue weighted by molar-refractivity contribution is -0.0471. The van der Waals surface area contributed by atoms with E-state index in [2.05, 4.69) is 46.5 Å². The number of benzene rings is 2. The molecule has 0 amide bonds. The number of aromatic nitrogens is 1. The van der Waals surface area contributed by atoms with Gasteiger partial charge in [-0.2, -0.15) is 10.1 Å². The van der Waals surface area contributed by atoms with E-state index in [9.17, 15) is 0 Å². The number of para-hydroxylation sites is 1. The summed E-state index contributed by atoms with van der Waals surface area (Å²) in [4.78, 5) is 4.65. The summed E-state index contributed by atoms with van der Waals surface area (Å²) in [5.41, 5.74) is 2.18. The lowest BCUT2D eigenvalue weighted by atomic mass is 10.1. The summed E-state index contributed by atoms with van der Waals surface area (Å²) in [6.45, 7) is 0. The van der Waals surface area contributed by atoms with E-state index < -0.39 is 0 Å². The predicted octanol–water partition coefficient (Wildman–Crippen LogP) is 0.855. The van der Waals surface area contributed by atoms with Gasteiger partial charge in [-0.05, 0) is 17.3 Å². The van der Waals surface area contributed by atoms with Crippen LogP contribution in [0.3, 0.4) is 0 Å². The number of amidine groups is 1. The van der Waals surface area contributed by atoms with Gasteiger partial charge in [0, 0.05) is 30.8 Å². The maximum Gasteiger partial charge on any atom is 0.319 e. The molecule has 7 heteroatoms. The van der Waals surface area contributed by atoms with Crippen LogP contribution in [0.4, 0.5) is 10.8 Å². The van der Waals surface area contributed by atoms with Crippen molar-refractivity contribution in [1.29, 1.82) is 0 Å². The minimum atomic E-state index is 0. The van der Waals surface area contributed by atoms with E-state index in [1.165, 1.54) is 0 Å². The molecular formula is C18H18BrN5S. The predicted molar refractivity (Wildman–Crippen MR) is 98.5 cm³/mol. The molecule has 0 N–H and O–H groups in total. The van der Waals surface area contributed by atoms with Crippen LogP contribution in [0, 0.1) is 0 Å². The number of rotatable bonds is 3. The van der Waals surface area contributed by atoms with Crippen molar-refractivity contribution in [2.24, 2.45) is 5.10 Å². The molecule has 1 aromatic heterocycles. The van der Waals surface area contributed by atoms with Gasteiger partial charge in [-0.3, -0.25) is 0 Å². The van der Waals surface area contributed by atoms with Gasteiger partial charge in [0.15, 0.2) is 5.69 Å². The van der Waals surface area contributed by atoms with Crippen molar-refractivity contribution >= 4 is 28.0 Å². The lowest BCUT2D eigenvalue weighted by Crippen LogP contribution is -3.00. The fourth-order valence-corrected chi connectivity index (χ4v) is 3.89. The molecule has 4 rings (SSSR count). The van der Waals surface area contributed by atoms with Gasteiger partial charge in [-0.1, -0.05) is 57.4 Å². The number of hydrazine groups is 1. The Morgan fingerprint density at radius 2 is 1.56 bits per heavy atom. The largest absolute Gasteiger partial charge is 1.00 e. The van der Waals surface area contributed by atoms with Crippen LogP contribution in [-0.2, 0) is 0 Å². The van der Waals surface area contributed by atoms with Gasteiger partial charge in [-0.15, -0.1) is 0 Å². The van der Waals surface area contributed by atoms with Crippen LogP contribution in [-0.4, -0.2) is 35.2 Å². The first kappa shape index (κ1) is 17.8. The Morgan fingerprint density at radius 1 is 0.920 bits per heavy atom. The SMILES string of the molecule is CN1N=C(c2ccccc2)[N+](c2ccccc2)(c2nccs2)N1C.[Br-]. The van der Waals surface area contributed by atoms with E-state index in [4.69, 9.17) is 5.10 Å². The summed E-state index contributed by atoms with van der Waals surface area (Å²) in [5, 5.41) is 11.8. The second kappa shape index (κ2) is 7.05. The van der Waals surface area contributed by atoms with Crippen LogP contribution >= 0.6 is 11.3 Å². The Balaban J connectivity index is 0.00000182. The van der Waals surface area contributed by atoms with Crippen LogP contribution in [0.15, 0.2) is 77.3 Å². The number of halogens is 1. The second-order valence-electron chi connectivity index (χ2n) is 5.55. The number of thiazole rings is 1. The maximum atomic E-state index is 4.84. The summed E-state index contributed by atoms with van der Waals surface area (Å²) in [6, 6.07) is 20.7. The van der Waals surface area contributed by atoms with Crippen LogP contribution < -0.4 is 21.6 Å². The summed E-state index contributed by atoms with van der Waals surface area (Å²) < 4.78 is 0.346. The normalized spacial score (nSPS) is 20.2. The quantitative estimate of drug-likeness (QED) is 0.594. The summed E-state index contributed by atoms with van der Waals surface area (Å²) in [5.74, 6) is 0.932. The summed E-state index contributed by atoms with van der Waals surface area (Å²) >= 11 is 1.63. The minimum Gasteiger partial charge on any atom is -1.00 e. The molecule has 25 heavy (non-hydrogen) atoms. The fourth-order valence-electron chi connectivity index (χ4n) is 3.06. The molecule has 0 aliphatic carbocycles. The van der Waals surface area contributed by atoms with Crippen molar-refractivity contribution < 1.29 is 17.0 Å². The average Bonchev–Trinajstić information content (AvgIpc) is 3.25. The van der Waals surface area contributed by atoms with Crippen molar-refractivity contribution in [3.63, 3.8) is 0 Å². The smallest absolute Gasteiger partial charge is 0.319 e. The molecule has 1 unspecified atom stereocenters. The highest BCUT2D eigenvalue weighted by molar-refractivity contribution is 7.13. The molecular weight excluding hydrogens is 398 g/mol. The summed E-state index contributed by atoms with van der Waals surface area (Å²) in [6.07, 6.45) is 1.84. The zero-order valence-electron chi connectivity index (χ0n) is 14.0. The van der Waals surface area contributed by atoms with Gasteiger partial charge in [0.25, 0.3) is 5.84 Å². The first-order valence-electron chi connectivity index (χ1n) is 7.72. The molecule has 5 nitrogen and oxygen atoms in total. The number of quaternary nitrogens is 1. The van der Waals surface area contributed by atoms with Crippen LogP contribution in [0.25, 0.3) is 0 Å². The highest BCUT2D eigenvalue weighted by Gasteiger charge is 2.54. The highest BCUT2D eigenvalue weighted by Crippen LogP contribution is 2.43. The molecule has 1 aliphatic rings. The van der Waals surface area contributed by atoms with E-state index in [0.717, 1.165) is 22.2 Å². The zero-order valence-corrected chi connectivity index (χ0v) is 16.4. The molecule has 0 saturated carbocycles. The van der Waals surface area contributed by atoms with E-state index in [1.54, 1.807) is 11.3 Å². The van der Waals surface area contributed by atoms with E-state index in [-0.39, 0.29) is 17.0 Å². The Hall–Kier alpha value is -2.06. The molecule has 0 saturated heterocycles. The molecule has 0 radical (unpaired) electrons. The topological polar surface area (TPSA) is 31.7 Å². The first-order chi connectivity index (χ1) is 11.7. The van der Waals surface area contributed by atoms with Gasteiger partial charge >= 0.3 is 5.13 Å². The van der Waals surface area contributed by atoms with Gasteiger partial charge in [0.05, 0.1) is 12.6 Å². The summed E-state index contributed by atoms with van der Waals surface area (Å²) in [7, 11) is 3.99. The Morgan fingerprint density at radius 3 is 2.16 bits per heavy atom. The fraction of sp³-hybridized carbons (Fsp3) is 0.111. The standard InChI is InChI=1S/C18H18N5S.BrH/c1-21-20-17(15-9-5-3-6-10-15)23(22(21)2,18-19-13-14-24-18)16-11-7-4-8-12-16;/h3-14H,1-2H3;1H/q+1;/p-1. The number of hydrogen-bond donors (Lipinski definition) is 0. The molecule has 0 bridgehead atoms. The molecule has 2 heterocycles. The Bertz CT molecular complexity index is 854. The van der Waals surface area contributed by atoms with Crippen LogP contribution in [0.1, 0.15) is 5.56 Å². The van der Waals surface area contributed by atoms with E-state index >= 15 is 0 Å². The first-order valence-corrected chi connectivity index (χ1v) is 8.59. The third-order valence-corrected chi connectivity index (χ3v) is 5.10. The van der Waals surface area contributed by atoms with Crippen molar-refractivity contribution in [3.8, 4) is 0 Å². The van der Waals surface area contributed by atoms with Crippen molar-refractivity contribution in [2.45, 2.75) is 0 Å². The Kier molecular flexibility index (Phi) is 5.01. The van der Waals surface area contributed by atoms with Crippen molar-refractivity contribution in [3.05, 3.63) is 77.8 Å². The zero-order chi connectivity index (χ0) is 16.6. The third kappa shape index (κ3) is 2.69. The van der Waals surface area contributed by atoms with Crippen LogP contribution in [0.2, 0.25) is 0 Å². The van der Waals surface area contributed by atoms with Gasteiger partial charge in [0.1, 0.15) is 0 Å². The molecule has 0 fully saturated rings. The number of nitrogens with zero attached hydrogens (tertiary/aromatic N) is 5. The average molecular weight is 416 g/mol. The monoisotopic (exact) mass is 415 g/mol. The molecule has 3 aromatic rings. The lowest BCUT2D eigenvalue weighted by Gasteiger charge is -2.35. The minimum absolute atomic E-state index is 0. The van der Waals surface area contributed by atoms with Crippen molar-refractivity contribution in [2.75, 3.05) is 14.1 Å². The molecule has 1 atom stereocenters. The van der Waals surface area contributed by atoms with E-state index in [0.29, 0.717) is 4.59 Å². The molecule has 1 aliphatic heterocycles. The van der Waals surface area contributed by atoms with Gasteiger partial charge < -0.3 is 17.0 Å². The van der Waals surface area contributed by atoms with Crippen molar-refractivity contribution in [1.82, 2.24) is 19.8 Å². The van der Waals surface area contributed by atoms with Gasteiger partial charge in [-0.25, -0.2) is 0 Å². The molecule has 2 aromatic carbocycles. The highest BCUT2D eigenvalue weighted by atomic mass is 79.9. The van der Waals surface area contributed by atoms with Crippen LogP contribution in [0.5, 0.6) is 0 Å². The Labute approximate surface area is 161 Å². The number of hydrogen-bond acceptors (Lipinski definition) is 5.